The molecule has 2 N–H and O–H groups in total. The van der Waals surface area contributed by atoms with E-state index in [1.807, 2.05) is 25.1 Å². The average Bonchev–Trinajstić information content (AvgIpc) is 2.46. The van der Waals surface area contributed by atoms with E-state index in [0.717, 1.165) is 16.9 Å². The Bertz CT molecular complexity index is 613. The SMILES string of the molecule is COc1ccc(C(N)c2cccc(OC)c2F)cc1C. The monoisotopic (exact) mass is 275 g/mol. The summed E-state index contributed by atoms with van der Waals surface area (Å²) in [6.45, 7) is 1.93. The highest BCUT2D eigenvalue weighted by atomic mass is 19.1. The Labute approximate surface area is 118 Å². The predicted molar refractivity (Wildman–Crippen MR) is 76.7 cm³/mol. The molecule has 0 aliphatic carbocycles. The molecule has 0 radical (unpaired) electrons. The van der Waals surface area contributed by atoms with Gasteiger partial charge in [-0.2, -0.15) is 0 Å². The van der Waals surface area contributed by atoms with E-state index in [-0.39, 0.29) is 5.75 Å². The molecule has 3 nitrogen and oxygen atoms in total. The first-order chi connectivity index (χ1) is 9.58. The van der Waals surface area contributed by atoms with Crippen LogP contribution in [0.25, 0.3) is 0 Å². The quantitative estimate of drug-likeness (QED) is 0.932. The van der Waals surface area contributed by atoms with Crippen molar-refractivity contribution in [1.82, 2.24) is 0 Å². The molecule has 0 spiro atoms. The van der Waals surface area contributed by atoms with Gasteiger partial charge in [0.25, 0.3) is 0 Å². The fourth-order valence-corrected chi connectivity index (χ4v) is 2.20. The van der Waals surface area contributed by atoms with Crippen LogP contribution >= 0.6 is 0 Å². The molecule has 0 amide bonds. The van der Waals surface area contributed by atoms with Crippen molar-refractivity contribution in [3.8, 4) is 11.5 Å². The van der Waals surface area contributed by atoms with Gasteiger partial charge in [-0.1, -0.05) is 24.3 Å². The summed E-state index contributed by atoms with van der Waals surface area (Å²) in [5, 5.41) is 0. The molecule has 2 aromatic rings. The highest BCUT2D eigenvalue weighted by Crippen LogP contribution is 2.29. The third-order valence-corrected chi connectivity index (χ3v) is 3.33. The smallest absolute Gasteiger partial charge is 0.170 e. The Hall–Kier alpha value is -2.07. The van der Waals surface area contributed by atoms with E-state index < -0.39 is 11.9 Å². The first-order valence-corrected chi connectivity index (χ1v) is 6.31. The van der Waals surface area contributed by atoms with Crippen LogP contribution in [0, 0.1) is 12.7 Å². The van der Waals surface area contributed by atoms with Gasteiger partial charge in [0, 0.05) is 5.56 Å². The molecule has 0 heterocycles. The van der Waals surface area contributed by atoms with E-state index in [1.54, 1.807) is 25.3 Å². The van der Waals surface area contributed by atoms with Crippen molar-refractivity contribution in [2.75, 3.05) is 14.2 Å². The van der Waals surface area contributed by atoms with E-state index in [1.165, 1.54) is 7.11 Å². The van der Waals surface area contributed by atoms with E-state index in [4.69, 9.17) is 15.2 Å². The summed E-state index contributed by atoms with van der Waals surface area (Å²) in [5.41, 5.74) is 8.37. The van der Waals surface area contributed by atoms with E-state index in [2.05, 4.69) is 0 Å². The summed E-state index contributed by atoms with van der Waals surface area (Å²) in [5.74, 6) is 0.561. The Kier molecular flexibility index (Phi) is 4.25. The van der Waals surface area contributed by atoms with Gasteiger partial charge in [0.2, 0.25) is 0 Å². The Morgan fingerprint density at radius 3 is 2.35 bits per heavy atom. The maximum Gasteiger partial charge on any atom is 0.170 e. The van der Waals surface area contributed by atoms with Crippen molar-refractivity contribution in [3.63, 3.8) is 0 Å². The van der Waals surface area contributed by atoms with Crippen molar-refractivity contribution in [1.29, 1.82) is 0 Å². The van der Waals surface area contributed by atoms with Crippen LogP contribution in [-0.2, 0) is 0 Å². The van der Waals surface area contributed by atoms with Gasteiger partial charge in [0.1, 0.15) is 5.75 Å². The second kappa shape index (κ2) is 5.92. The highest BCUT2D eigenvalue weighted by Gasteiger charge is 2.17. The minimum atomic E-state index is -0.547. The number of aryl methyl sites for hydroxylation is 1. The maximum atomic E-state index is 14.2. The fourth-order valence-electron chi connectivity index (χ4n) is 2.20. The zero-order chi connectivity index (χ0) is 14.7. The molecule has 2 aromatic carbocycles. The average molecular weight is 275 g/mol. The number of methoxy groups -OCH3 is 2. The number of benzene rings is 2. The first kappa shape index (κ1) is 14.3. The Balaban J connectivity index is 2.41. The van der Waals surface area contributed by atoms with Crippen LogP contribution in [0.15, 0.2) is 36.4 Å². The van der Waals surface area contributed by atoms with Gasteiger partial charge in [-0.3, -0.25) is 0 Å². The summed E-state index contributed by atoms with van der Waals surface area (Å²) in [4.78, 5) is 0. The topological polar surface area (TPSA) is 44.5 Å². The van der Waals surface area contributed by atoms with Crippen LogP contribution in [0.4, 0.5) is 4.39 Å². The summed E-state index contributed by atoms with van der Waals surface area (Å²) >= 11 is 0. The lowest BCUT2D eigenvalue weighted by atomic mass is 9.97. The second-order valence-corrected chi connectivity index (χ2v) is 4.57. The molecule has 4 heteroatoms. The molecule has 0 aliphatic heterocycles. The molecular weight excluding hydrogens is 257 g/mol. The largest absolute Gasteiger partial charge is 0.496 e. The van der Waals surface area contributed by atoms with Gasteiger partial charge in [-0.25, -0.2) is 4.39 Å². The van der Waals surface area contributed by atoms with Gasteiger partial charge in [-0.15, -0.1) is 0 Å². The molecule has 2 rings (SSSR count). The predicted octanol–water partition coefficient (Wildman–Crippen LogP) is 3.20. The van der Waals surface area contributed by atoms with Gasteiger partial charge in [0.15, 0.2) is 11.6 Å². The molecule has 0 aliphatic rings. The van der Waals surface area contributed by atoms with E-state index in [0.29, 0.717) is 5.56 Å². The van der Waals surface area contributed by atoms with Gasteiger partial charge in [0.05, 0.1) is 20.3 Å². The zero-order valence-electron chi connectivity index (χ0n) is 11.8. The number of nitrogens with two attached hydrogens (primary N) is 1. The molecule has 0 saturated carbocycles. The Morgan fingerprint density at radius 1 is 1.05 bits per heavy atom. The second-order valence-electron chi connectivity index (χ2n) is 4.57. The standard InChI is InChI=1S/C16H18FNO2/c1-10-9-11(7-8-13(10)19-2)16(18)12-5-4-6-14(20-3)15(12)17/h4-9,16H,18H2,1-3H3. The van der Waals surface area contributed by atoms with Crippen molar-refractivity contribution >= 4 is 0 Å². The van der Waals surface area contributed by atoms with Gasteiger partial charge < -0.3 is 15.2 Å². The lowest BCUT2D eigenvalue weighted by Gasteiger charge is -2.16. The lowest BCUT2D eigenvalue weighted by molar-refractivity contribution is 0.383. The van der Waals surface area contributed by atoms with Crippen LogP contribution in [0.5, 0.6) is 11.5 Å². The molecule has 0 fully saturated rings. The van der Waals surface area contributed by atoms with Crippen LogP contribution in [0.2, 0.25) is 0 Å². The summed E-state index contributed by atoms with van der Waals surface area (Å²) in [6, 6.07) is 10.0. The fraction of sp³-hybridized carbons (Fsp3) is 0.250. The number of hydrogen-bond acceptors (Lipinski definition) is 3. The molecule has 0 bridgehead atoms. The summed E-state index contributed by atoms with van der Waals surface area (Å²) in [6.07, 6.45) is 0. The molecular formula is C16H18FNO2. The minimum Gasteiger partial charge on any atom is -0.496 e. The summed E-state index contributed by atoms with van der Waals surface area (Å²) in [7, 11) is 3.05. The van der Waals surface area contributed by atoms with Crippen LogP contribution in [-0.4, -0.2) is 14.2 Å². The van der Waals surface area contributed by atoms with Crippen molar-refractivity contribution in [2.24, 2.45) is 5.73 Å². The van der Waals surface area contributed by atoms with E-state index in [9.17, 15) is 4.39 Å². The number of rotatable bonds is 4. The molecule has 1 unspecified atom stereocenters. The van der Waals surface area contributed by atoms with Gasteiger partial charge >= 0.3 is 0 Å². The van der Waals surface area contributed by atoms with Crippen molar-refractivity contribution < 1.29 is 13.9 Å². The number of halogens is 1. The van der Waals surface area contributed by atoms with Crippen LogP contribution in [0.3, 0.4) is 0 Å². The number of hydrogen-bond donors (Lipinski definition) is 1. The molecule has 0 aromatic heterocycles. The van der Waals surface area contributed by atoms with Crippen molar-refractivity contribution in [2.45, 2.75) is 13.0 Å². The minimum absolute atomic E-state index is 0.197. The van der Waals surface area contributed by atoms with Crippen LogP contribution < -0.4 is 15.2 Å². The van der Waals surface area contributed by atoms with Crippen molar-refractivity contribution in [3.05, 3.63) is 58.9 Å². The van der Waals surface area contributed by atoms with Crippen LogP contribution in [0.1, 0.15) is 22.7 Å². The normalized spacial score (nSPS) is 12.1. The number of ether oxygens (including phenoxy) is 2. The molecule has 20 heavy (non-hydrogen) atoms. The molecule has 1 atom stereocenters. The third-order valence-electron chi connectivity index (χ3n) is 3.33. The summed E-state index contributed by atoms with van der Waals surface area (Å²) < 4.78 is 24.4. The van der Waals surface area contributed by atoms with E-state index >= 15 is 0 Å². The lowest BCUT2D eigenvalue weighted by Crippen LogP contribution is -2.14. The zero-order valence-corrected chi connectivity index (χ0v) is 11.8. The maximum absolute atomic E-state index is 14.2. The highest BCUT2D eigenvalue weighted by molar-refractivity contribution is 5.42. The van der Waals surface area contributed by atoms with Gasteiger partial charge in [-0.05, 0) is 30.2 Å². The first-order valence-electron chi connectivity index (χ1n) is 6.31. The molecule has 0 saturated heterocycles. The third kappa shape index (κ3) is 2.60. The molecule has 106 valence electrons. The Morgan fingerprint density at radius 2 is 1.75 bits per heavy atom.